The molecule has 1 fully saturated rings. The van der Waals surface area contributed by atoms with Gasteiger partial charge < -0.3 is 23.8 Å². The minimum absolute atomic E-state index is 0.0179. The monoisotopic (exact) mass is 399 g/mol. The molecule has 0 aliphatic carbocycles. The molecule has 3 heterocycles. The third-order valence-corrected chi connectivity index (χ3v) is 5.87. The highest BCUT2D eigenvalue weighted by molar-refractivity contribution is 6.00. The Kier molecular flexibility index (Phi) is 5.43. The lowest BCUT2D eigenvalue weighted by Gasteiger charge is -2.23. The Balaban J connectivity index is 1.55. The Hall–Kier alpha value is -2.64. The fraction of sp³-hybridized carbons (Fsp3) is 0.455. The molecule has 1 saturated heterocycles. The number of ether oxygens (including phenoxy) is 1. The van der Waals surface area contributed by atoms with Crippen LogP contribution in [-0.4, -0.2) is 45.3 Å². The second-order valence-corrected chi connectivity index (χ2v) is 7.81. The minimum Gasteiger partial charge on any atom is -0.464 e. The van der Waals surface area contributed by atoms with Crippen LogP contribution in [0.2, 0.25) is 0 Å². The first-order valence-electron chi connectivity index (χ1n) is 10.1. The molecule has 1 aliphatic rings. The number of hydrogen-bond acceptors (Lipinski definition) is 5. The molecule has 3 aromatic rings. The van der Waals surface area contributed by atoms with Crippen LogP contribution < -0.4 is 15.8 Å². The molecule has 2 aromatic heterocycles. The van der Waals surface area contributed by atoms with Crippen LogP contribution in [-0.2, 0) is 16.0 Å². The summed E-state index contributed by atoms with van der Waals surface area (Å²) in [5.74, 6) is -0.162. The number of rotatable bonds is 5. The predicted octanol–water partition coefficient (Wildman–Crippen LogP) is 1.04. The standard InChI is InChI=1S/C22H26N2O5/c1-13-12-28-20-15(3)21-17(10-16(13)20)14(2)18(22(26)29-21)11-19(25)23-4-5-24-6-8-27-9-7-24/h10,12H,4-9,11H2,1-3H3,(H,23,25)/p+1. The predicted molar refractivity (Wildman–Crippen MR) is 110 cm³/mol. The van der Waals surface area contributed by atoms with Crippen LogP contribution >= 0.6 is 0 Å². The van der Waals surface area contributed by atoms with Gasteiger partial charge in [0.1, 0.15) is 24.3 Å². The highest BCUT2D eigenvalue weighted by atomic mass is 16.5. The number of carbonyl (C=O) groups excluding carboxylic acids is 1. The number of carbonyl (C=O) groups is 1. The first-order valence-corrected chi connectivity index (χ1v) is 10.1. The van der Waals surface area contributed by atoms with Gasteiger partial charge in [0.05, 0.1) is 44.6 Å². The highest BCUT2D eigenvalue weighted by Crippen LogP contribution is 2.32. The average Bonchev–Trinajstić information content (AvgIpc) is 3.08. The molecule has 4 rings (SSSR count). The summed E-state index contributed by atoms with van der Waals surface area (Å²) in [5, 5.41) is 4.77. The fourth-order valence-electron chi connectivity index (χ4n) is 4.03. The Morgan fingerprint density at radius 3 is 2.62 bits per heavy atom. The summed E-state index contributed by atoms with van der Waals surface area (Å²) in [6.07, 6.45) is 1.72. The van der Waals surface area contributed by atoms with Gasteiger partial charge in [0.25, 0.3) is 0 Å². The largest absolute Gasteiger partial charge is 0.464 e. The lowest BCUT2D eigenvalue weighted by atomic mass is 9.99. The SMILES string of the molecule is Cc1coc2c(C)c3oc(=O)c(CC(=O)NCC[NH+]4CCOCC4)c(C)c3cc12. The smallest absolute Gasteiger partial charge is 0.340 e. The van der Waals surface area contributed by atoms with Crippen molar-refractivity contribution in [3.05, 3.63) is 45.0 Å². The van der Waals surface area contributed by atoms with Gasteiger partial charge in [0, 0.05) is 16.3 Å². The van der Waals surface area contributed by atoms with E-state index in [4.69, 9.17) is 13.6 Å². The van der Waals surface area contributed by atoms with Crippen LogP contribution in [0.5, 0.6) is 0 Å². The number of furan rings is 1. The van der Waals surface area contributed by atoms with E-state index in [-0.39, 0.29) is 12.3 Å². The topological polar surface area (TPSA) is 86.1 Å². The van der Waals surface area contributed by atoms with E-state index in [1.807, 2.05) is 26.8 Å². The lowest BCUT2D eigenvalue weighted by molar-refractivity contribution is -0.906. The number of amides is 1. The van der Waals surface area contributed by atoms with Gasteiger partial charge in [-0.2, -0.15) is 0 Å². The van der Waals surface area contributed by atoms with E-state index in [0.29, 0.717) is 17.7 Å². The van der Waals surface area contributed by atoms with Crippen LogP contribution in [0.3, 0.4) is 0 Å². The van der Waals surface area contributed by atoms with E-state index < -0.39 is 5.63 Å². The van der Waals surface area contributed by atoms with Crippen LogP contribution in [0.15, 0.2) is 26.0 Å². The number of quaternary nitrogens is 1. The van der Waals surface area contributed by atoms with Gasteiger partial charge in [-0.3, -0.25) is 4.79 Å². The van der Waals surface area contributed by atoms with Crippen molar-refractivity contribution in [3.63, 3.8) is 0 Å². The molecule has 2 N–H and O–H groups in total. The van der Waals surface area contributed by atoms with Crippen molar-refractivity contribution in [2.45, 2.75) is 27.2 Å². The van der Waals surface area contributed by atoms with Gasteiger partial charge in [0.15, 0.2) is 0 Å². The van der Waals surface area contributed by atoms with Crippen molar-refractivity contribution in [2.24, 2.45) is 0 Å². The molecule has 0 unspecified atom stereocenters. The number of morpholine rings is 1. The zero-order chi connectivity index (χ0) is 20.5. The molecule has 29 heavy (non-hydrogen) atoms. The lowest BCUT2D eigenvalue weighted by Crippen LogP contribution is -3.14. The average molecular weight is 399 g/mol. The molecular formula is C22H27N2O5+. The Morgan fingerprint density at radius 1 is 1.10 bits per heavy atom. The zero-order valence-corrected chi connectivity index (χ0v) is 17.1. The molecule has 1 amide bonds. The van der Waals surface area contributed by atoms with Gasteiger partial charge in [0.2, 0.25) is 5.91 Å². The number of nitrogens with one attached hydrogen (secondary N) is 2. The molecule has 7 nitrogen and oxygen atoms in total. The molecule has 0 spiro atoms. The van der Waals surface area contributed by atoms with E-state index in [0.717, 1.165) is 65.9 Å². The third kappa shape index (κ3) is 3.80. The van der Waals surface area contributed by atoms with Crippen LogP contribution in [0.25, 0.3) is 21.9 Å². The van der Waals surface area contributed by atoms with E-state index in [1.165, 1.54) is 4.90 Å². The second-order valence-electron chi connectivity index (χ2n) is 7.81. The molecule has 1 aromatic carbocycles. The summed E-state index contributed by atoms with van der Waals surface area (Å²) in [4.78, 5) is 26.5. The van der Waals surface area contributed by atoms with Crippen molar-refractivity contribution in [1.29, 1.82) is 0 Å². The Morgan fingerprint density at radius 2 is 1.86 bits per heavy atom. The fourth-order valence-corrected chi connectivity index (χ4v) is 4.03. The van der Waals surface area contributed by atoms with Crippen molar-refractivity contribution in [1.82, 2.24) is 5.32 Å². The number of hydrogen-bond donors (Lipinski definition) is 2. The van der Waals surface area contributed by atoms with Gasteiger partial charge in [-0.05, 0) is 38.0 Å². The van der Waals surface area contributed by atoms with E-state index in [2.05, 4.69) is 5.32 Å². The number of benzene rings is 1. The summed E-state index contributed by atoms with van der Waals surface area (Å²) >= 11 is 0. The van der Waals surface area contributed by atoms with E-state index >= 15 is 0 Å². The quantitative estimate of drug-likeness (QED) is 0.626. The zero-order valence-electron chi connectivity index (χ0n) is 17.1. The number of aryl methyl sites for hydroxylation is 3. The van der Waals surface area contributed by atoms with Gasteiger partial charge in [-0.15, -0.1) is 0 Å². The Labute approximate surface area is 168 Å². The summed E-state index contributed by atoms with van der Waals surface area (Å²) in [6.45, 7) is 10.6. The first kappa shape index (κ1) is 19.7. The summed E-state index contributed by atoms with van der Waals surface area (Å²) < 4.78 is 16.6. The van der Waals surface area contributed by atoms with Gasteiger partial charge in [-0.25, -0.2) is 4.79 Å². The highest BCUT2D eigenvalue weighted by Gasteiger charge is 2.19. The third-order valence-electron chi connectivity index (χ3n) is 5.87. The minimum atomic E-state index is -0.463. The van der Waals surface area contributed by atoms with Gasteiger partial charge in [-0.1, -0.05) is 0 Å². The van der Waals surface area contributed by atoms with Gasteiger partial charge >= 0.3 is 5.63 Å². The van der Waals surface area contributed by atoms with E-state index in [9.17, 15) is 9.59 Å². The number of fused-ring (bicyclic) bond motifs is 2. The molecule has 0 bridgehead atoms. The maximum Gasteiger partial charge on any atom is 0.340 e. The van der Waals surface area contributed by atoms with Crippen molar-refractivity contribution < 1.29 is 23.3 Å². The summed E-state index contributed by atoms with van der Waals surface area (Å²) in [7, 11) is 0. The summed E-state index contributed by atoms with van der Waals surface area (Å²) in [5.41, 5.74) is 3.82. The molecule has 0 saturated carbocycles. The van der Waals surface area contributed by atoms with Crippen LogP contribution in [0, 0.1) is 20.8 Å². The first-order chi connectivity index (χ1) is 14.0. The molecule has 7 heteroatoms. The van der Waals surface area contributed by atoms with E-state index in [1.54, 1.807) is 6.26 Å². The normalized spacial score (nSPS) is 15.3. The molecule has 0 atom stereocenters. The molecular weight excluding hydrogens is 372 g/mol. The summed E-state index contributed by atoms with van der Waals surface area (Å²) in [6, 6.07) is 1.98. The second kappa shape index (κ2) is 8.00. The van der Waals surface area contributed by atoms with Crippen LogP contribution in [0.4, 0.5) is 0 Å². The van der Waals surface area contributed by atoms with Crippen molar-refractivity contribution in [2.75, 3.05) is 39.4 Å². The molecule has 154 valence electrons. The van der Waals surface area contributed by atoms with Crippen molar-refractivity contribution in [3.8, 4) is 0 Å². The maximum absolute atomic E-state index is 12.6. The Bertz CT molecular complexity index is 1120. The molecule has 1 aliphatic heterocycles. The maximum atomic E-state index is 12.6. The van der Waals surface area contributed by atoms with Crippen molar-refractivity contribution >= 4 is 27.8 Å². The van der Waals surface area contributed by atoms with Crippen LogP contribution in [0.1, 0.15) is 22.3 Å². The molecule has 0 radical (unpaired) electrons.